The zero-order chi connectivity index (χ0) is 28.4. The fourth-order valence-electron chi connectivity index (χ4n) is 5.07. The minimum Gasteiger partial charge on any atom is -0.295 e. The van der Waals surface area contributed by atoms with Crippen molar-refractivity contribution < 1.29 is 19.2 Å². The lowest BCUT2D eigenvalue weighted by atomic mass is 9.63. The lowest BCUT2D eigenvalue weighted by molar-refractivity contribution is -0.137. The number of imide groups is 2. The van der Waals surface area contributed by atoms with E-state index >= 15 is 0 Å². The number of allylic oxidation sites excluding steroid dienone is 7. The van der Waals surface area contributed by atoms with Crippen LogP contribution in [0.4, 0.5) is 0 Å². The summed E-state index contributed by atoms with van der Waals surface area (Å²) in [6.45, 7) is 16.9. The average molecular weight is 507 g/mol. The number of carbonyl (C=O) groups is 4. The maximum absolute atomic E-state index is 13.1. The largest absolute Gasteiger partial charge is 0.295 e. The zero-order valence-electron chi connectivity index (χ0n) is 23.7. The van der Waals surface area contributed by atoms with E-state index < -0.39 is 16.2 Å². The number of carbonyl (C=O) groups excluding carboxylic acids is 4. The molecule has 200 valence electrons. The molecule has 4 amide bonds. The average Bonchev–Trinajstić information content (AvgIpc) is 3.14. The van der Waals surface area contributed by atoms with E-state index in [1.54, 1.807) is 19.2 Å². The van der Waals surface area contributed by atoms with Gasteiger partial charge < -0.3 is 0 Å². The Balaban J connectivity index is 0.000000397. The van der Waals surface area contributed by atoms with Crippen LogP contribution in [0.2, 0.25) is 0 Å². The van der Waals surface area contributed by atoms with E-state index in [4.69, 9.17) is 0 Å². The first-order valence-corrected chi connectivity index (χ1v) is 12.6. The summed E-state index contributed by atoms with van der Waals surface area (Å²) < 4.78 is 0. The third-order valence-electron chi connectivity index (χ3n) is 6.07. The molecule has 0 spiro atoms. The first kappa shape index (κ1) is 31.5. The summed E-state index contributed by atoms with van der Waals surface area (Å²) in [4.78, 5) is 50.3. The van der Waals surface area contributed by atoms with Gasteiger partial charge in [-0.3, -0.25) is 29.4 Å². The van der Waals surface area contributed by atoms with Gasteiger partial charge in [0.1, 0.15) is 10.8 Å². The number of hydrogen-bond donors (Lipinski definition) is 1. The van der Waals surface area contributed by atoms with Crippen molar-refractivity contribution in [2.75, 3.05) is 0 Å². The predicted molar refractivity (Wildman–Crippen MR) is 150 cm³/mol. The summed E-state index contributed by atoms with van der Waals surface area (Å²) in [5.41, 5.74) is -0.748. The van der Waals surface area contributed by atoms with Crippen LogP contribution in [0.25, 0.3) is 0 Å². The van der Waals surface area contributed by atoms with Crippen LogP contribution in [0.3, 0.4) is 0 Å². The monoisotopic (exact) mass is 506 g/mol. The van der Waals surface area contributed by atoms with E-state index in [0.717, 1.165) is 11.1 Å². The molecule has 2 saturated heterocycles. The molecule has 2 aliphatic heterocycles. The molecule has 0 aromatic rings. The molecule has 0 bridgehead atoms. The molecule has 0 aromatic heterocycles. The molecule has 0 aromatic carbocycles. The fourth-order valence-corrected chi connectivity index (χ4v) is 5.07. The maximum Gasteiger partial charge on any atom is 0.248 e. The topological polar surface area (TPSA) is 83.6 Å². The van der Waals surface area contributed by atoms with Crippen molar-refractivity contribution in [2.24, 2.45) is 16.2 Å². The highest BCUT2D eigenvalue weighted by Gasteiger charge is 2.64. The lowest BCUT2D eigenvalue weighted by Gasteiger charge is -2.33. The first-order valence-electron chi connectivity index (χ1n) is 12.6. The third kappa shape index (κ3) is 6.24. The van der Waals surface area contributed by atoms with Crippen molar-refractivity contribution in [3.8, 4) is 0 Å². The molecule has 0 atom stereocenters. The molecular weight excluding hydrogens is 464 g/mol. The maximum atomic E-state index is 13.1. The van der Waals surface area contributed by atoms with Gasteiger partial charge in [-0.05, 0) is 62.3 Å². The highest BCUT2D eigenvalue weighted by Crippen LogP contribution is 2.53. The summed E-state index contributed by atoms with van der Waals surface area (Å²) in [5, 5.41) is 2.35. The van der Waals surface area contributed by atoms with E-state index in [2.05, 4.69) is 5.32 Å². The SMILES string of the molecule is CC(C)=CC1(C=C(C)C)CC(=O)NC1=O.CC=CN1C(=O)C(C=CC)(C=CC)C(C=CC)(C=CC)C1=O. The van der Waals surface area contributed by atoms with Crippen LogP contribution < -0.4 is 5.32 Å². The van der Waals surface area contributed by atoms with Crippen LogP contribution in [0.1, 0.15) is 68.7 Å². The normalized spacial score (nSPS) is 25.6. The van der Waals surface area contributed by atoms with Crippen LogP contribution in [0, 0.1) is 16.2 Å². The molecule has 2 aliphatic rings. The Morgan fingerprint density at radius 2 is 1.05 bits per heavy atom. The number of hydrogen-bond acceptors (Lipinski definition) is 4. The Morgan fingerprint density at radius 1 is 0.676 bits per heavy atom. The van der Waals surface area contributed by atoms with Gasteiger partial charge in [-0.2, -0.15) is 0 Å². The molecule has 2 rings (SSSR count). The highest BCUT2D eigenvalue weighted by atomic mass is 16.2. The second-order valence-electron chi connectivity index (χ2n) is 9.74. The number of rotatable bonds is 7. The van der Waals surface area contributed by atoms with Gasteiger partial charge in [0.2, 0.25) is 23.6 Å². The highest BCUT2D eigenvalue weighted by molar-refractivity contribution is 6.14. The van der Waals surface area contributed by atoms with Gasteiger partial charge in [-0.1, -0.05) is 78.0 Å². The van der Waals surface area contributed by atoms with E-state index in [1.165, 1.54) is 4.90 Å². The number of nitrogens with zero attached hydrogens (tertiary/aromatic N) is 1. The van der Waals surface area contributed by atoms with Crippen LogP contribution in [0.15, 0.2) is 84.2 Å². The van der Waals surface area contributed by atoms with Crippen LogP contribution in [-0.4, -0.2) is 28.5 Å². The molecule has 2 heterocycles. The van der Waals surface area contributed by atoms with Gasteiger partial charge in [0.25, 0.3) is 0 Å². The van der Waals surface area contributed by atoms with Crippen molar-refractivity contribution in [1.82, 2.24) is 10.2 Å². The molecule has 0 radical (unpaired) electrons. The fraction of sp³-hybridized carbons (Fsp3) is 0.419. The number of nitrogens with one attached hydrogen (secondary N) is 1. The third-order valence-corrected chi connectivity index (χ3v) is 6.07. The van der Waals surface area contributed by atoms with E-state index in [0.29, 0.717) is 0 Å². The van der Waals surface area contributed by atoms with Crippen molar-refractivity contribution in [1.29, 1.82) is 0 Å². The van der Waals surface area contributed by atoms with Gasteiger partial charge in [-0.15, -0.1) is 0 Å². The van der Waals surface area contributed by atoms with Gasteiger partial charge in [0, 0.05) is 12.6 Å². The van der Waals surface area contributed by atoms with E-state index in [9.17, 15) is 19.2 Å². The Morgan fingerprint density at radius 3 is 1.30 bits per heavy atom. The molecule has 6 nitrogen and oxygen atoms in total. The number of amides is 4. The molecule has 0 unspecified atom stereocenters. The molecular formula is C31H42N2O4. The molecule has 0 aliphatic carbocycles. The van der Waals surface area contributed by atoms with E-state index in [-0.39, 0.29) is 30.0 Å². The van der Waals surface area contributed by atoms with E-state index in [1.807, 2.05) is 116 Å². The second-order valence-corrected chi connectivity index (χ2v) is 9.74. The molecule has 2 fully saturated rings. The van der Waals surface area contributed by atoms with Crippen molar-refractivity contribution in [3.63, 3.8) is 0 Å². The molecule has 6 heteroatoms. The Bertz CT molecular complexity index is 1020. The van der Waals surface area contributed by atoms with Crippen molar-refractivity contribution >= 4 is 23.6 Å². The lowest BCUT2D eigenvalue weighted by Crippen LogP contribution is -2.39. The zero-order valence-corrected chi connectivity index (χ0v) is 23.7. The van der Waals surface area contributed by atoms with Crippen LogP contribution >= 0.6 is 0 Å². The van der Waals surface area contributed by atoms with Crippen molar-refractivity contribution in [2.45, 2.75) is 68.7 Å². The Hall–Kier alpha value is -3.54. The standard InChI is InChI=1S/C19H25NO2.C12H17NO2/c1-6-11-18(12-7-2)16(21)20(15-10-5)17(22)19(18,13-8-3)14-9-4;1-8(2)5-12(6-9(3)4)7-10(14)13-11(12)15/h6-15H,1-5H3;5-6H,7H2,1-4H3,(H,13,14,15). The summed E-state index contributed by atoms with van der Waals surface area (Å²) in [7, 11) is 0. The number of likely N-dealkylation sites (tertiary alicyclic amines) is 1. The van der Waals surface area contributed by atoms with Gasteiger partial charge in [0.05, 0.1) is 5.41 Å². The minimum atomic E-state index is -1.04. The second kappa shape index (κ2) is 13.1. The summed E-state index contributed by atoms with van der Waals surface area (Å²) in [6, 6.07) is 0. The molecule has 0 saturated carbocycles. The predicted octanol–water partition coefficient (Wildman–Crippen LogP) is 6.12. The Kier molecular flexibility index (Phi) is 11.2. The quantitative estimate of drug-likeness (QED) is 0.333. The summed E-state index contributed by atoms with van der Waals surface area (Å²) >= 11 is 0. The smallest absolute Gasteiger partial charge is 0.248 e. The van der Waals surface area contributed by atoms with Crippen molar-refractivity contribution in [3.05, 3.63) is 84.2 Å². The van der Waals surface area contributed by atoms with Gasteiger partial charge in [0.15, 0.2) is 0 Å². The molecule has 1 N–H and O–H groups in total. The first-order chi connectivity index (χ1) is 17.4. The summed E-state index contributed by atoms with van der Waals surface area (Å²) in [5.74, 6) is -0.879. The van der Waals surface area contributed by atoms with Gasteiger partial charge >= 0.3 is 0 Å². The van der Waals surface area contributed by atoms with Crippen LogP contribution in [0.5, 0.6) is 0 Å². The minimum absolute atomic E-state index is 0.199. The van der Waals surface area contributed by atoms with Gasteiger partial charge in [-0.25, -0.2) is 0 Å². The Labute approximate surface area is 222 Å². The summed E-state index contributed by atoms with van der Waals surface area (Å²) in [6.07, 6.45) is 21.8. The molecule has 37 heavy (non-hydrogen) atoms. The van der Waals surface area contributed by atoms with Crippen LogP contribution in [-0.2, 0) is 19.2 Å².